The summed E-state index contributed by atoms with van der Waals surface area (Å²) in [4.78, 5) is 19.7. The predicted molar refractivity (Wildman–Crippen MR) is 103 cm³/mol. The summed E-state index contributed by atoms with van der Waals surface area (Å²) < 4.78 is 6.24. The minimum absolute atomic E-state index is 0.144. The third-order valence-electron chi connectivity index (χ3n) is 4.37. The van der Waals surface area contributed by atoms with Gasteiger partial charge in [-0.05, 0) is 55.1 Å². The first-order chi connectivity index (χ1) is 12.2. The zero-order valence-corrected chi connectivity index (χ0v) is 14.6. The van der Waals surface area contributed by atoms with Crippen LogP contribution >= 0.6 is 10.5 Å². The van der Waals surface area contributed by atoms with Crippen LogP contribution in [-0.4, -0.2) is 46.4 Å². The molecule has 2 aliphatic heterocycles. The maximum Gasteiger partial charge on any atom is 0.258 e. The number of ether oxygens (including phenoxy) is 1. The van der Waals surface area contributed by atoms with Crippen LogP contribution in [0.5, 0.6) is 5.75 Å². The number of nitrogens with one attached hydrogen (secondary N) is 1. The van der Waals surface area contributed by atoms with Gasteiger partial charge >= 0.3 is 0 Å². The fourth-order valence-corrected chi connectivity index (χ4v) is 4.47. The normalized spacial score (nSPS) is 21.7. The molecule has 1 fully saturated rings. The van der Waals surface area contributed by atoms with E-state index in [0.29, 0.717) is 10.9 Å². The molecule has 0 spiro atoms. The number of nitrogens with zero attached hydrogens (tertiary/aromatic N) is 2. The van der Waals surface area contributed by atoms with Gasteiger partial charge in [-0.1, -0.05) is 6.07 Å². The van der Waals surface area contributed by atoms with Crippen molar-refractivity contribution in [3.63, 3.8) is 0 Å². The van der Waals surface area contributed by atoms with E-state index in [1.807, 2.05) is 23.6 Å². The number of hydrogen-bond acceptors (Lipinski definition) is 5. The molecule has 3 heterocycles. The van der Waals surface area contributed by atoms with E-state index in [2.05, 4.69) is 21.4 Å². The number of nitrogens with two attached hydrogens (primary N) is 1. The van der Waals surface area contributed by atoms with E-state index in [4.69, 9.17) is 10.5 Å². The summed E-state index contributed by atoms with van der Waals surface area (Å²) in [5.74, 6) is 1.09. The van der Waals surface area contributed by atoms with Crippen molar-refractivity contribution >= 4 is 37.8 Å². The van der Waals surface area contributed by atoms with Gasteiger partial charge in [0, 0.05) is 11.6 Å². The average Bonchev–Trinajstić information content (AvgIpc) is 2.93. The number of pyridine rings is 1. The van der Waals surface area contributed by atoms with E-state index in [-0.39, 0.29) is 12.0 Å². The molecule has 6 nitrogen and oxygen atoms in total. The van der Waals surface area contributed by atoms with Crippen molar-refractivity contribution in [1.29, 1.82) is 0 Å². The van der Waals surface area contributed by atoms with E-state index < -0.39 is 10.5 Å². The van der Waals surface area contributed by atoms with Crippen LogP contribution in [-0.2, 0) is 4.79 Å². The van der Waals surface area contributed by atoms with Gasteiger partial charge in [0.05, 0.1) is 11.3 Å². The largest absolute Gasteiger partial charge is 0.490 e. The van der Waals surface area contributed by atoms with Crippen LogP contribution in [0.2, 0.25) is 0 Å². The van der Waals surface area contributed by atoms with Crippen LogP contribution in [0.25, 0.3) is 10.9 Å². The Bertz CT molecular complexity index is 888. The van der Waals surface area contributed by atoms with E-state index in [9.17, 15) is 4.79 Å². The highest BCUT2D eigenvalue weighted by Crippen LogP contribution is 2.28. The SMILES string of the molecule is NC1=NC(=O)CS1=Cc1ccc2nccc(OC3CCNCC3)c2c1. The van der Waals surface area contributed by atoms with Gasteiger partial charge in [0.25, 0.3) is 5.91 Å². The van der Waals surface area contributed by atoms with Crippen LogP contribution in [0.4, 0.5) is 0 Å². The van der Waals surface area contributed by atoms with Gasteiger partial charge in [-0.15, -0.1) is 10.5 Å². The topological polar surface area (TPSA) is 89.6 Å². The molecule has 0 radical (unpaired) electrons. The standard InChI is InChI=1S/C18H20N4O2S/c19-18-22-17(23)11-25(18)10-12-1-2-15-14(9-12)16(5-8-21-15)24-13-3-6-20-7-4-13/h1-2,5,8-10,13,20H,3-4,6-7,11H2,(H2,19,22,23). The highest BCUT2D eigenvalue weighted by Gasteiger charge is 2.17. The Labute approximate surface area is 148 Å². The molecule has 1 aromatic carbocycles. The lowest BCUT2D eigenvalue weighted by molar-refractivity contribution is -0.115. The molecule has 0 aliphatic carbocycles. The number of amidine groups is 1. The Hall–Kier alpha value is -2.25. The molecule has 1 aromatic heterocycles. The lowest BCUT2D eigenvalue weighted by Gasteiger charge is -2.24. The summed E-state index contributed by atoms with van der Waals surface area (Å²) >= 11 is 0. The Kier molecular flexibility index (Phi) is 4.50. The summed E-state index contributed by atoms with van der Waals surface area (Å²) in [6.45, 7) is 1.98. The van der Waals surface area contributed by atoms with Crippen molar-refractivity contribution in [2.24, 2.45) is 10.7 Å². The second-order valence-corrected chi connectivity index (χ2v) is 7.99. The number of aromatic nitrogens is 1. The fourth-order valence-electron chi connectivity index (χ4n) is 3.09. The summed E-state index contributed by atoms with van der Waals surface area (Å²) in [6.07, 6.45) is 4.03. The molecule has 3 N–H and O–H groups in total. The molecule has 1 saturated heterocycles. The number of rotatable bonds is 3. The van der Waals surface area contributed by atoms with Crippen molar-refractivity contribution < 1.29 is 9.53 Å². The maximum absolute atomic E-state index is 11.4. The lowest BCUT2D eigenvalue weighted by Crippen LogP contribution is -2.34. The van der Waals surface area contributed by atoms with Crippen LogP contribution < -0.4 is 15.8 Å². The highest BCUT2D eigenvalue weighted by atomic mass is 32.2. The van der Waals surface area contributed by atoms with Crippen molar-refractivity contribution in [3.05, 3.63) is 36.0 Å². The number of carbonyl (C=O) groups is 1. The number of carbonyl (C=O) groups excluding carboxylic acids is 1. The predicted octanol–water partition coefficient (Wildman–Crippen LogP) is 1.64. The molecule has 1 atom stereocenters. The molecule has 2 aliphatic rings. The molecule has 4 rings (SSSR count). The molecule has 130 valence electrons. The van der Waals surface area contributed by atoms with Crippen molar-refractivity contribution in [2.45, 2.75) is 18.9 Å². The van der Waals surface area contributed by atoms with Crippen LogP contribution in [0, 0.1) is 0 Å². The van der Waals surface area contributed by atoms with Gasteiger partial charge in [0.2, 0.25) is 0 Å². The molecule has 7 heteroatoms. The smallest absolute Gasteiger partial charge is 0.258 e. The Morgan fingerprint density at radius 1 is 1.28 bits per heavy atom. The number of amides is 1. The molecule has 25 heavy (non-hydrogen) atoms. The van der Waals surface area contributed by atoms with Gasteiger partial charge in [-0.2, -0.15) is 4.99 Å². The third-order valence-corrected chi connectivity index (χ3v) is 6.11. The summed E-state index contributed by atoms with van der Waals surface area (Å²) in [5, 5.41) is 6.77. The van der Waals surface area contributed by atoms with Crippen molar-refractivity contribution in [1.82, 2.24) is 10.3 Å². The second-order valence-electron chi connectivity index (χ2n) is 6.19. The van der Waals surface area contributed by atoms with Gasteiger partial charge in [-0.25, -0.2) is 0 Å². The number of fused-ring (bicyclic) bond motifs is 1. The Balaban J connectivity index is 1.67. The van der Waals surface area contributed by atoms with Crippen LogP contribution in [0.3, 0.4) is 0 Å². The fraction of sp³-hybridized carbons (Fsp3) is 0.333. The number of hydrogen-bond donors (Lipinski definition) is 2. The quantitative estimate of drug-likeness (QED) is 0.816. The molecule has 0 bridgehead atoms. The molecule has 1 amide bonds. The zero-order valence-electron chi connectivity index (χ0n) is 13.8. The van der Waals surface area contributed by atoms with Crippen LogP contribution in [0.15, 0.2) is 35.5 Å². The van der Waals surface area contributed by atoms with Gasteiger partial charge in [-0.3, -0.25) is 9.78 Å². The number of piperidine rings is 1. The summed E-state index contributed by atoms with van der Waals surface area (Å²) in [5.41, 5.74) is 7.76. The summed E-state index contributed by atoms with van der Waals surface area (Å²) in [7, 11) is -0.425. The van der Waals surface area contributed by atoms with E-state index in [1.54, 1.807) is 6.20 Å². The van der Waals surface area contributed by atoms with E-state index >= 15 is 0 Å². The first-order valence-electron chi connectivity index (χ1n) is 8.37. The lowest BCUT2D eigenvalue weighted by atomic mass is 10.1. The number of aliphatic imine (C=N–C) groups is 1. The molecular weight excluding hydrogens is 336 g/mol. The van der Waals surface area contributed by atoms with E-state index in [0.717, 1.165) is 48.1 Å². The molecule has 2 aromatic rings. The first-order valence-corrected chi connectivity index (χ1v) is 9.82. The second kappa shape index (κ2) is 6.93. The van der Waals surface area contributed by atoms with Gasteiger partial charge in [0.1, 0.15) is 11.9 Å². The molecule has 1 unspecified atom stereocenters. The minimum atomic E-state index is -0.425. The average molecular weight is 356 g/mol. The third kappa shape index (κ3) is 3.57. The van der Waals surface area contributed by atoms with Gasteiger partial charge in [0.15, 0.2) is 5.17 Å². The zero-order chi connectivity index (χ0) is 17.2. The van der Waals surface area contributed by atoms with Crippen molar-refractivity contribution in [3.8, 4) is 5.75 Å². The van der Waals surface area contributed by atoms with Crippen LogP contribution in [0.1, 0.15) is 18.4 Å². The maximum atomic E-state index is 11.4. The molecule has 0 saturated carbocycles. The monoisotopic (exact) mass is 356 g/mol. The molecular formula is C18H20N4O2S. The summed E-state index contributed by atoms with van der Waals surface area (Å²) in [6, 6.07) is 7.95. The van der Waals surface area contributed by atoms with E-state index in [1.165, 1.54) is 0 Å². The van der Waals surface area contributed by atoms with Crippen molar-refractivity contribution in [2.75, 3.05) is 18.8 Å². The van der Waals surface area contributed by atoms with Gasteiger partial charge < -0.3 is 15.8 Å². The number of benzene rings is 1. The minimum Gasteiger partial charge on any atom is -0.490 e. The Morgan fingerprint density at radius 3 is 2.88 bits per heavy atom. The Morgan fingerprint density at radius 2 is 2.12 bits per heavy atom. The highest BCUT2D eigenvalue weighted by molar-refractivity contribution is 8.28. The first kappa shape index (κ1) is 16.2.